The van der Waals surface area contributed by atoms with Gasteiger partial charge >= 0.3 is 0 Å². The summed E-state index contributed by atoms with van der Waals surface area (Å²) in [7, 11) is 0. The fraction of sp³-hybridized carbons (Fsp3) is 0.0667. The molecule has 0 amide bonds. The van der Waals surface area contributed by atoms with Gasteiger partial charge in [-0.15, -0.1) is 0 Å². The van der Waals surface area contributed by atoms with E-state index in [9.17, 15) is 0 Å². The van der Waals surface area contributed by atoms with Gasteiger partial charge in [0.15, 0.2) is 0 Å². The molecule has 3 rings (SSSR count). The van der Waals surface area contributed by atoms with Gasteiger partial charge in [-0.3, -0.25) is 4.98 Å². The van der Waals surface area contributed by atoms with E-state index in [4.69, 9.17) is 11.6 Å². The van der Waals surface area contributed by atoms with Crippen LogP contribution in [0.15, 0.2) is 54.9 Å². The van der Waals surface area contributed by atoms with Crippen molar-refractivity contribution >= 4 is 11.6 Å². The van der Waals surface area contributed by atoms with Crippen LogP contribution in [0.1, 0.15) is 5.56 Å². The molecule has 19 heavy (non-hydrogen) atoms. The van der Waals surface area contributed by atoms with Gasteiger partial charge in [0.25, 0.3) is 0 Å². The highest BCUT2D eigenvalue weighted by Crippen LogP contribution is 2.20. The quantitative estimate of drug-likeness (QED) is 0.706. The van der Waals surface area contributed by atoms with Crippen LogP contribution in [0.5, 0.6) is 0 Å². The van der Waals surface area contributed by atoms with Crippen LogP contribution in [0.4, 0.5) is 0 Å². The van der Waals surface area contributed by atoms with Crippen LogP contribution in [-0.4, -0.2) is 14.8 Å². The highest BCUT2D eigenvalue weighted by atomic mass is 35.5. The SMILES string of the molecule is Cc1ccc(-n2ccc(-c3ccccn3)n2)cc1Cl. The Morgan fingerprint density at radius 1 is 1.05 bits per heavy atom. The first-order chi connectivity index (χ1) is 9.24. The maximum Gasteiger partial charge on any atom is 0.111 e. The molecule has 3 nitrogen and oxygen atoms in total. The van der Waals surface area contributed by atoms with E-state index in [1.54, 1.807) is 10.9 Å². The third-order valence-corrected chi connectivity index (χ3v) is 3.34. The fourth-order valence-electron chi connectivity index (χ4n) is 1.84. The maximum atomic E-state index is 6.13. The van der Waals surface area contributed by atoms with Crippen molar-refractivity contribution in [3.63, 3.8) is 0 Å². The van der Waals surface area contributed by atoms with E-state index in [2.05, 4.69) is 10.1 Å². The van der Waals surface area contributed by atoms with E-state index in [1.165, 1.54) is 0 Å². The summed E-state index contributed by atoms with van der Waals surface area (Å²) >= 11 is 6.13. The van der Waals surface area contributed by atoms with E-state index in [0.29, 0.717) is 0 Å². The van der Waals surface area contributed by atoms with Crippen molar-refractivity contribution in [1.29, 1.82) is 0 Å². The molecule has 0 unspecified atom stereocenters. The third-order valence-electron chi connectivity index (χ3n) is 2.94. The van der Waals surface area contributed by atoms with E-state index in [0.717, 1.165) is 27.7 Å². The van der Waals surface area contributed by atoms with Crippen LogP contribution in [0.3, 0.4) is 0 Å². The molecule has 94 valence electrons. The van der Waals surface area contributed by atoms with E-state index in [-0.39, 0.29) is 0 Å². The number of benzene rings is 1. The van der Waals surface area contributed by atoms with Crippen LogP contribution in [-0.2, 0) is 0 Å². The Morgan fingerprint density at radius 2 is 1.95 bits per heavy atom. The van der Waals surface area contributed by atoms with E-state index < -0.39 is 0 Å². The molecule has 0 aliphatic rings. The lowest BCUT2D eigenvalue weighted by Gasteiger charge is -2.03. The number of pyridine rings is 1. The Hall–Kier alpha value is -2.13. The third kappa shape index (κ3) is 2.37. The van der Waals surface area contributed by atoms with Crippen molar-refractivity contribution < 1.29 is 0 Å². The monoisotopic (exact) mass is 269 g/mol. The maximum absolute atomic E-state index is 6.13. The van der Waals surface area contributed by atoms with Gasteiger partial charge in [-0.1, -0.05) is 23.7 Å². The van der Waals surface area contributed by atoms with Crippen molar-refractivity contribution in [3.8, 4) is 17.1 Å². The summed E-state index contributed by atoms with van der Waals surface area (Å²) in [5, 5.41) is 5.26. The van der Waals surface area contributed by atoms with Crippen molar-refractivity contribution in [2.45, 2.75) is 6.92 Å². The molecule has 0 saturated carbocycles. The van der Waals surface area contributed by atoms with Gasteiger partial charge in [-0.05, 0) is 42.8 Å². The van der Waals surface area contributed by atoms with E-state index >= 15 is 0 Å². The minimum absolute atomic E-state index is 0.743. The molecule has 0 saturated heterocycles. The zero-order chi connectivity index (χ0) is 13.2. The molecular formula is C15H12ClN3. The number of rotatable bonds is 2. The van der Waals surface area contributed by atoms with Crippen molar-refractivity contribution in [2.24, 2.45) is 0 Å². The average molecular weight is 270 g/mol. The fourth-order valence-corrected chi connectivity index (χ4v) is 2.02. The van der Waals surface area contributed by atoms with Crippen LogP contribution in [0.25, 0.3) is 17.1 Å². The first kappa shape index (κ1) is 11.9. The van der Waals surface area contributed by atoms with Crippen molar-refractivity contribution in [3.05, 3.63) is 65.4 Å². The molecular weight excluding hydrogens is 258 g/mol. The number of aryl methyl sites for hydroxylation is 1. The zero-order valence-electron chi connectivity index (χ0n) is 10.4. The molecule has 0 spiro atoms. The number of hydrogen-bond acceptors (Lipinski definition) is 2. The zero-order valence-corrected chi connectivity index (χ0v) is 11.2. The molecule has 2 heterocycles. The summed E-state index contributed by atoms with van der Waals surface area (Å²) in [5.74, 6) is 0. The van der Waals surface area contributed by atoms with Gasteiger partial charge < -0.3 is 0 Å². The summed E-state index contributed by atoms with van der Waals surface area (Å²) < 4.78 is 1.80. The molecule has 3 aromatic rings. The highest BCUT2D eigenvalue weighted by Gasteiger charge is 2.05. The van der Waals surface area contributed by atoms with Gasteiger partial charge in [-0.25, -0.2) is 4.68 Å². The lowest BCUT2D eigenvalue weighted by molar-refractivity contribution is 0.882. The smallest absolute Gasteiger partial charge is 0.111 e. The average Bonchev–Trinajstić information content (AvgIpc) is 2.93. The Bertz CT molecular complexity index is 704. The molecule has 0 N–H and O–H groups in total. The Balaban J connectivity index is 1.99. The topological polar surface area (TPSA) is 30.7 Å². The van der Waals surface area contributed by atoms with Crippen LogP contribution >= 0.6 is 11.6 Å². The predicted octanol–water partition coefficient (Wildman–Crippen LogP) is 3.90. The number of aromatic nitrogens is 3. The molecule has 4 heteroatoms. The van der Waals surface area contributed by atoms with Crippen LogP contribution in [0.2, 0.25) is 5.02 Å². The van der Waals surface area contributed by atoms with Crippen LogP contribution < -0.4 is 0 Å². The lowest BCUT2D eigenvalue weighted by atomic mass is 10.2. The van der Waals surface area contributed by atoms with Crippen LogP contribution in [0, 0.1) is 6.92 Å². The predicted molar refractivity (Wildman–Crippen MR) is 76.5 cm³/mol. The molecule has 0 radical (unpaired) electrons. The number of nitrogens with zero attached hydrogens (tertiary/aromatic N) is 3. The molecule has 0 bridgehead atoms. The van der Waals surface area contributed by atoms with E-state index in [1.807, 2.05) is 55.6 Å². The number of hydrogen-bond donors (Lipinski definition) is 0. The second-order valence-corrected chi connectivity index (χ2v) is 4.70. The van der Waals surface area contributed by atoms with Gasteiger partial charge in [0.1, 0.15) is 5.69 Å². The molecule has 2 aromatic heterocycles. The highest BCUT2D eigenvalue weighted by molar-refractivity contribution is 6.31. The molecule has 1 aromatic carbocycles. The Kier molecular flexibility index (Phi) is 3.05. The first-order valence-electron chi connectivity index (χ1n) is 5.97. The number of halogens is 1. The first-order valence-corrected chi connectivity index (χ1v) is 6.35. The lowest BCUT2D eigenvalue weighted by Crippen LogP contribution is -1.95. The Morgan fingerprint density at radius 3 is 2.68 bits per heavy atom. The largest absolute Gasteiger partial charge is 0.255 e. The summed E-state index contributed by atoms with van der Waals surface area (Å²) in [6.07, 6.45) is 3.67. The second-order valence-electron chi connectivity index (χ2n) is 4.29. The molecule has 0 aliphatic carbocycles. The summed E-state index contributed by atoms with van der Waals surface area (Å²) in [6, 6.07) is 13.6. The summed E-state index contributed by atoms with van der Waals surface area (Å²) in [6.45, 7) is 1.98. The summed E-state index contributed by atoms with van der Waals surface area (Å²) in [5.41, 5.74) is 3.71. The Labute approximate surface area is 116 Å². The molecule has 0 fully saturated rings. The van der Waals surface area contributed by atoms with Crippen molar-refractivity contribution in [2.75, 3.05) is 0 Å². The minimum Gasteiger partial charge on any atom is -0.255 e. The van der Waals surface area contributed by atoms with Gasteiger partial charge in [0, 0.05) is 17.4 Å². The summed E-state index contributed by atoms with van der Waals surface area (Å²) in [4.78, 5) is 4.29. The molecule has 0 atom stereocenters. The standard InChI is InChI=1S/C15H12ClN3/c1-11-5-6-12(10-13(11)16)19-9-7-15(18-19)14-4-2-3-8-17-14/h2-10H,1H3. The second kappa shape index (κ2) is 4.86. The minimum atomic E-state index is 0.743. The van der Waals surface area contributed by atoms with Gasteiger partial charge in [-0.2, -0.15) is 5.10 Å². The molecule has 0 aliphatic heterocycles. The van der Waals surface area contributed by atoms with Gasteiger partial charge in [0.2, 0.25) is 0 Å². The van der Waals surface area contributed by atoms with Gasteiger partial charge in [0.05, 0.1) is 11.4 Å². The normalized spacial score (nSPS) is 10.6. The van der Waals surface area contributed by atoms with Crippen molar-refractivity contribution in [1.82, 2.24) is 14.8 Å².